The first-order chi connectivity index (χ1) is 9.25. The number of benzene rings is 1. The van der Waals surface area contributed by atoms with Gasteiger partial charge in [0.25, 0.3) is 0 Å². The number of aromatic nitrogens is 1. The van der Waals surface area contributed by atoms with Crippen LogP contribution in [-0.2, 0) is 13.0 Å². The third-order valence-electron chi connectivity index (χ3n) is 3.24. The summed E-state index contributed by atoms with van der Waals surface area (Å²) in [6.45, 7) is 2.03. The van der Waals surface area contributed by atoms with Gasteiger partial charge in [0.05, 0.1) is 0 Å². The van der Waals surface area contributed by atoms with Crippen molar-refractivity contribution in [3.8, 4) is 0 Å². The van der Waals surface area contributed by atoms with E-state index in [1.54, 1.807) is 0 Å². The Labute approximate surface area is 115 Å². The third-order valence-corrected chi connectivity index (χ3v) is 3.24. The summed E-state index contributed by atoms with van der Waals surface area (Å²) in [7, 11) is 2.15. The summed E-state index contributed by atoms with van der Waals surface area (Å²) in [5.74, 6) is 0. The number of anilines is 1. The molecule has 2 N–H and O–H groups in total. The average molecular weight is 255 g/mol. The van der Waals surface area contributed by atoms with Crippen molar-refractivity contribution < 1.29 is 0 Å². The van der Waals surface area contributed by atoms with Crippen LogP contribution in [0.1, 0.15) is 17.5 Å². The van der Waals surface area contributed by atoms with Crippen LogP contribution in [0.3, 0.4) is 0 Å². The predicted molar refractivity (Wildman–Crippen MR) is 79.7 cm³/mol. The Kier molecular flexibility index (Phi) is 4.93. The summed E-state index contributed by atoms with van der Waals surface area (Å²) in [4.78, 5) is 6.36. The van der Waals surface area contributed by atoms with E-state index in [1.807, 2.05) is 30.6 Å². The summed E-state index contributed by atoms with van der Waals surface area (Å²) >= 11 is 0. The molecule has 2 rings (SSSR count). The number of nitrogens with two attached hydrogens (primary N) is 1. The monoisotopic (exact) mass is 255 g/mol. The Hall–Kier alpha value is -1.87. The van der Waals surface area contributed by atoms with E-state index in [9.17, 15) is 0 Å². The molecule has 3 nitrogen and oxygen atoms in total. The van der Waals surface area contributed by atoms with E-state index >= 15 is 0 Å². The molecular formula is C16H21N3. The van der Waals surface area contributed by atoms with Crippen LogP contribution in [0.5, 0.6) is 0 Å². The maximum atomic E-state index is 5.94. The first-order valence-corrected chi connectivity index (χ1v) is 6.66. The van der Waals surface area contributed by atoms with Gasteiger partial charge in [-0.15, -0.1) is 0 Å². The van der Waals surface area contributed by atoms with Gasteiger partial charge in [0.2, 0.25) is 0 Å². The fourth-order valence-corrected chi connectivity index (χ4v) is 2.18. The Bertz CT molecular complexity index is 496. The number of hydrogen-bond donors (Lipinski definition) is 1. The molecule has 0 spiro atoms. The molecule has 0 saturated carbocycles. The van der Waals surface area contributed by atoms with Gasteiger partial charge in [0, 0.05) is 24.6 Å². The van der Waals surface area contributed by atoms with E-state index in [1.165, 1.54) is 11.1 Å². The molecule has 19 heavy (non-hydrogen) atoms. The maximum absolute atomic E-state index is 5.94. The summed E-state index contributed by atoms with van der Waals surface area (Å²) in [6, 6.07) is 12.2. The minimum Gasteiger partial charge on any atom is -0.399 e. The minimum absolute atomic E-state index is 0.902. The van der Waals surface area contributed by atoms with E-state index in [-0.39, 0.29) is 0 Å². The second-order valence-electron chi connectivity index (χ2n) is 4.90. The lowest BCUT2D eigenvalue weighted by Crippen LogP contribution is -2.19. The van der Waals surface area contributed by atoms with Crippen LogP contribution in [0.15, 0.2) is 48.8 Å². The highest BCUT2D eigenvalue weighted by Crippen LogP contribution is 2.13. The van der Waals surface area contributed by atoms with Gasteiger partial charge in [-0.25, -0.2) is 0 Å². The highest BCUT2D eigenvalue weighted by molar-refractivity contribution is 5.46. The SMILES string of the molecule is CN(CCCc1ccccc1N)Cc1ccncc1. The van der Waals surface area contributed by atoms with Gasteiger partial charge in [-0.05, 0) is 55.8 Å². The molecule has 0 aliphatic rings. The van der Waals surface area contributed by atoms with Crippen molar-refractivity contribution in [2.45, 2.75) is 19.4 Å². The first kappa shape index (κ1) is 13.6. The number of hydrogen-bond acceptors (Lipinski definition) is 3. The molecular weight excluding hydrogens is 234 g/mol. The molecule has 0 fully saturated rings. The molecule has 0 atom stereocenters. The number of nitrogens with zero attached hydrogens (tertiary/aromatic N) is 2. The van der Waals surface area contributed by atoms with E-state index < -0.39 is 0 Å². The van der Waals surface area contributed by atoms with Crippen molar-refractivity contribution in [3.05, 3.63) is 59.9 Å². The number of para-hydroxylation sites is 1. The number of aryl methyl sites for hydroxylation is 1. The molecule has 0 amide bonds. The molecule has 0 aliphatic carbocycles. The molecule has 1 aromatic heterocycles. The van der Waals surface area contributed by atoms with Crippen molar-refractivity contribution in [3.63, 3.8) is 0 Å². The maximum Gasteiger partial charge on any atom is 0.0346 e. The predicted octanol–water partition coefficient (Wildman–Crippen LogP) is 2.73. The minimum atomic E-state index is 0.902. The smallest absolute Gasteiger partial charge is 0.0346 e. The molecule has 0 unspecified atom stereocenters. The molecule has 2 aromatic rings. The molecule has 3 heteroatoms. The molecule has 1 heterocycles. The van der Waals surface area contributed by atoms with Crippen LogP contribution in [-0.4, -0.2) is 23.5 Å². The van der Waals surface area contributed by atoms with Crippen molar-refractivity contribution >= 4 is 5.69 Å². The average Bonchev–Trinajstić information content (AvgIpc) is 2.42. The van der Waals surface area contributed by atoms with Crippen LogP contribution in [0.4, 0.5) is 5.69 Å². The zero-order valence-corrected chi connectivity index (χ0v) is 11.4. The molecule has 0 aliphatic heterocycles. The highest BCUT2D eigenvalue weighted by Gasteiger charge is 2.02. The lowest BCUT2D eigenvalue weighted by Gasteiger charge is -2.16. The Balaban J connectivity index is 1.75. The van der Waals surface area contributed by atoms with E-state index in [4.69, 9.17) is 5.73 Å². The fraction of sp³-hybridized carbons (Fsp3) is 0.312. The second kappa shape index (κ2) is 6.90. The van der Waals surface area contributed by atoms with Crippen molar-refractivity contribution in [1.82, 2.24) is 9.88 Å². The normalized spacial score (nSPS) is 10.8. The highest BCUT2D eigenvalue weighted by atomic mass is 15.1. The lowest BCUT2D eigenvalue weighted by atomic mass is 10.1. The molecule has 0 radical (unpaired) electrons. The van der Waals surface area contributed by atoms with E-state index in [2.05, 4.69) is 35.1 Å². The molecule has 0 bridgehead atoms. The van der Waals surface area contributed by atoms with Crippen LogP contribution in [0, 0.1) is 0 Å². The zero-order valence-electron chi connectivity index (χ0n) is 11.4. The van der Waals surface area contributed by atoms with Gasteiger partial charge in [-0.2, -0.15) is 0 Å². The van der Waals surface area contributed by atoms with Crippen LogP contribution >= 0.6 is 0 Å². The molecule has 100 valence electrons. The summed E-state index contributed by atoms with van der Waals surface area (Å²) < 4.78 is 0. The zero-order chi connectivity index (χ0) is 13.5. The standard InChI is InChI=1S/C16H21N3/c1-19(13-14-8-10-18-11-9-14)12-4-6-15-5-2-3-7-16(15)17/h2-3,5,7-11H,4,6,12-13,17H2,1H3. The fourth-order valence-electron chi connectivity index (χ4n) is 2.18. The lowest BCUT2D eigenvalue weighted by molar-refractivity contribution is 0.322. The van der Waals surface area contributed by atoms with Gasteiger partial charge in [-0.1, -0.05) is 18.2 Å². The number of rotatable bonds is 6. The van der Waals surface area contributed by atoms with Gasteiger partial charge in [0.15, 0.2) is 0 Å². The Morgan fingerprint density at radius 1 is 1.11 bits per heavy atom. The van der Waals surface area contributed by atoms with E-state index in [0.29, 0.717) is 0 Å². The van der Waals surface area contributed by atoms with E-state index in [0.717, 1.165) is 31.6 Å². The summed E-state index contributed by atoms with van der Waals surface area (Å²) in [5, 5.41) is 0. The first-order valence-electron chi connectivity index (χ1n) is 6.66. The van der Waals surface area contributed by atoms with Crippen molar-refractivity contribution in [2.24, 2.45) is 0 Å². The summed E-state index contributed by atoms with van der Waals surface area (Å²) in [6.07, 6.45) is 5.84. The van der Waals surface area contributed by atoms with Crippen molar-refractivity contribution in [1.29, 1.82) is 0 Å². The Morgan fingerprint density at radius 3 is 2.58 bits per heavy atom. The van der Waals surface area contributed by atoms with Crippen molar-refractivity contribution in [2.75, 3.05) is 19.3 Å². The largest absolute Gasteiger partial charge is 0.399 e. The van der Waals surface area contributed by atoms with Crippen LogP contribution in [0.2, 0.25) is 0 Å². The van der Waals surface area contributed by atoms with Gasteiger partial charge in [0.1, 0.15) is 0 Å². The van der Waals surface area contributed by atoms with Crippen LogP contribution < -0.4 is 5.73 Å². The number of nitrogen functional groups attached to an aromatic ring is 1. The summed E-state index contributed by atoms with van der Waals surface area (Å²) in [5.41, 5.74) is 9.39. The molecule has 0 saturated heterocycles. The number of pyridine rings is 1. The van der Waals surface area contributed by atoms with Gasteiger partial charge in [-0.3, -0.25) is 4.98 Å². The topological polar surface area (TPSA) is 42.1 Å². The third kappa shape index (κ3) is 4.38. The molecule has 1 aromatic carbocycles. The quantitative estimate of drug-likeness (QED) is 0.807. The second-order valence-corrected chi connectivity index (χ2v) is 4.90. The van der Waals surface area contributed by atoms with Gasteiger partial charge >= 0.3 is 0 Å². The van der Waals surface area contributed by atoms with Gasteiger partial charge < -0.3 is 10.6 Å². The van der Waals surface area contributed by atoms with Crippen LogP contribution in [0.25, 0.3) is 0 Å². The Morgan fingerprint density at radius 2 is 1.84 bits per heavy atom.